The quantitative estimate of drug-likeness (QED) is 0.762. The topological polar surface area (TPSA) is 59.3 Å². The number of aromatic nitrogens is 3. The Bertz CT molecular complexity index is 702. The fourth-order valence-electron chi connectivity index (χ4n) is 1.80. The largest absolute Gasteiger partial charge is 0.355 e. The molecule has 0 aliphatic carbocycles. The van der Waals surface area contributed by atoms with Crippen molar-refractivity contribution in [1.82, 2.24) is 19.9 Å². The fourth-order valence-corrected chi connectivity index (χ4v) is 2.53. The number of hydrogen-bond donors (Lipinski definition) is 1. The van der Waals surface area contributed by atoms with E-state index in [2.05, 4.69) is 15.4 Å². The molecule has 3 heterocycles. The maximum Gasteiger partial charge on any atom is 0.256 e. The zero-order valence-corrected chi connectivity index (χ0v) is 10.4. The first-order chi connectivity index (χ1) is 8.81. The van der Waals surface area contributed by atoms with Crippen molar-refractivity contribution < 1.29 is 4.79 Å². The Morgan fingerprint density at radius 1 is 1.44 bits per heavy atom. The number of thiophene rings is 1. The Morgan fingerprint density at radius 2 is 2.33 bits per heavy atom. The lowest BCUT2D eigenvalue weighted by Gasteiger charge is -2.02. The maximum atomic E-state index is 11.7. The molecule has 90 valence electrons. The second kappa shape index (κ2) is 4.23. The molecule has 0 fully saturated rings. The maximum absolute atomic E-state index is 11.7. The first kappa shape index (κ1) is 10.9. The summed E-state index contributed by atoms with van der Waals surface area (Å²) in [4.78, 5) is 17.0. The number of nitrogens with zero attached hydrogens (tertiary/aromatic N) is 3. The van der Waals surface area contributed by atoms with Gasteiger partial charge in [-0.25, -0.2) is 9.50 Å². The first-order valence-corrected chi connectivity index (χ1v) is 6.28. The molecule has 0 aliphatic rings. The van der Waals surface area contributed by atoms with Gasteiger partial charge in [0.1, 0.15) is 5.56 Å². The van der Waals surface area contributed by atoms with E-state index in [1.807, 2.05) is 23.6 Å². The summed E-state index contributed by atoms with van der Waals surface area (Å²) < 4.78 is 1.69. The van der Waals surface area contributed by atoms with Gasteiger partial charge >= 0.3 is 0 Å². The lowest BCUT2D eigenvalue weighted by atomic mass is 10.3. The summed E-state index contributed by atoms with van der Waals surface area (Å²) in [5.74, 6) is -0.180. The summed E-state index contributed by atoms with van der Waals surface area (Å²) in [5, 5.41) is 8.83. The van der Waals surface area contributed by atoms with E-state index in [1.54, 1.807) is 29.1 Å². The molecule has 0 bridgehead atoms. The highest BCUT2D eigenvalue weighted by atomic mass is 32.1. The van der Waals surface area contributed by atoms with Gasteiger partial charge in [-0.15, -0.1) is 11.3 Å². The molecule has 0 unspecified atom stereocenters. The fraction of sp³-hybridized carbons (Fsp3) is 0.0833. The number of hydrogen-bond acceptors (Lipinski definition) is 4. The molecule has 3 aromatic heterocycles. The molecule has 0 spiro atoms. The van der Waals surface area contributed by atoms with Gasteiger partial charge in [0.2, 0.25) is 0 Å². The minimum atomic E-state index is -0.180. The van der Waals surface area contributed by atoms with Crippen molar-refractivity contribution in [2.24, 2.45) is 0 Å². The molecule has 1 amide bonds. The van der Waals surface area contributed by atoms with Gasteiger partial charge in [-0.1, -0.05) is 6.07 Å². The third-order valence-electron chi connectivity index (χ3n) is 2.65. The molecule has 3 aromatic rings. The Morgan fingerprint density at radius 3 is 3.06 bits per heavy atom. The van der Waals surface area contributed by atoms with Gasteiger partial charge in [0, 0.05) is 13.2 Å². The Hall–Kier alpha value is -2.21. The zero-order valence-electron chi connectivity index (χ0n) is 9.62. The molecule has 5 nitrogen and oxygen atoms in total. The summed E-state index contributed by atoms with van der Waals surface area (Å²) >= 11 is 1.63. The molecule has 1 N–H and O–H groups in total. The average Bonchev–Trinajstić information content (AvgIpc) is 3.06. The standard InChI is InChI=1S/C12H10N4OS/c1-13-12(17)8-7-15-16-9(4-5-14-11(8)16)10-3-2-6-18-10/h2-7H,1H3,(H,13,17). The van der Waals surface area contributed by atoms with E-state index >= 15 is 0 Å². The molecule has 0 aromatic carbocycles. The van der Waals surface area contributed by atoms with Gasteiger partial charge in [-0.2, -0.15) is 5.10 Å². The Labute approximate surface area is 107 Å². The minimum absolute atomic E-state index is 0.180. The summed E-state index contributed by atoms with van der Waals surface area (Å²) in [6.07, 6.45) is 3.23. The van der Waals surface area contributed by atoms with Crippen LogP contribution < -0.4 is 5.32 Å². The summed E-state index contributed by atoms with van der Waals surface area (Å²) in [7, 11) is 1.59. The Balaban J connectivity index is 2.25. The zero-order chi connectivity index (χ0) is 12.5. The van der Waals surface area contributed by atoms with Crippen molar-refractivity contribution in [3.63, 3.8) is 0 Å². The molecule has 0 atom stereocenters. The van der Waals surface area contributed by atoms with Crippen LogP contribution in [0.1, 0.15) is 10.4 Å². The molecule has 3 rings (SSSR count). The smallest absolute Gasteiger partial charge is 0.256 e. The van der Waals surface area contributed by atoms with Crippen LogP contribution in [-0.4, -0.2) is 27.6 Å². The van der Waals surface area contributed by atoms with Gasteiger partial charge in [-0.05, 0) is 17.5 Å². The molecule has 0 saturated heterocycles. The normalized spacial score (nSPS) is 10.7. The van der Waals surface area contributed by atoms with Crippen LogP contribution in [-0.2, 0) is 0 Å². The predicted octanol–water partition coefficient (Wildman–Crippen LogP) is 1.82. The van der Waals surface area contributed by atoms with Gasteiger partial charge in [0.15, 0.2) is 5.65 Å². The third kappa shape index (κ3) is 1.58. The Kier molecular flexibility index (Phi) is 2.56. The van der Waals surface area contributed by atoms with Gasteiger partial charge < -0.3 is 5.32 Å². The van der Waals surface area contributed by atoms with Crippen LogP contribution in [0.15, 0.2) is 36.0 Å². The molecular weight excluding hydrogens is 248 g/mol. The summed E-state index contributed by atoms with van der Waals surface area (Å²) in [5.41, 5.74) is 1.99. The molecule has 18 heavy (non-hydrogen) atoms. The second-order valence-corrected chi connectivity index (χ2v) is 4.63. The summed E-state index contributed by atoms with van der Waals surface area (Å²) in [6, 6.07) is 5.88. The van der Waals surface area contributed by atoms with E-state index in [-0.39, 0.29) is 5.91 Å². The second-order valence-electron chi connectivity index (χ2n) is 3.68. The molecule has 0 radical (unpaired) electrons. The number of rotatable bonds is 2. The van der Waals surface area contributed by atoms with Gasteiger partial charge in [0.25, 0.3) is 5.91 Å². The number of amides is 1. The third-order valence-corrected chi connectivity index (χ3v) is 3.54. The van der Waals surface area contributed by atoms with Crippen molar-refractivity contribution in [2.75, 3.05) is 7.05 Å². The van der Waals surface area contributed by atoms with Crippen molar-refractivity contribution in [3.8, 4) is 10.6 Å². The molecular formula is C12H10N4OS. The van der Waals surface area contributed by atoms with E-state index in [0.717, 1.165) is 10.6 Å². The number of carbonyl (C=O) groups excluding carboxylic acids is 1. The minimum Gasteiger partial charge on any atom is -0.355 e. The molecule has 6 heteroatoms. The summed E-state index contributed by atoms with van der Waals surface area (Å²) in [6.45, 7) is 0. The SMILES string of the molecule is CNC(=O)c1cnn2c(-c3cccs3)ccnc12. The van der Waals surface area contributed by atoms with Gasteiger partial charge in [0.05, 0.1) is 16.8 Å². The number of nitrogens with one attached hydrogen (secondary N) is 1. The predicted molar refractivity (Wildman–Crippen MR) is 69.7 cm³/mol. The highest BCUT2D eigenvalue weighted by molar-refractivity contribution is 7.13. The van der Waals surface area contributed by atoms with E-state index in [9.17, 15) is 4.79 Å². The van der Waals surface area contributed by atoms with Crippen molar-refractivity contribution in [3.05, 3.63) is 41.5 Å². The lowest BCUT2D eigenvalue weighted by Crippen LogP contribution is -2.17. The molecule has 0 saturated carbocycles. The lowest BCUT2D eigenvalue weighted by molar-refractivity contribution is 0.0964. The van der Waals surface area contributed by atoms with Crippen LogP contribution in [0.5, 0.6) is 0 Å². The highest BCUT2D eigenvalue weighted by Gasteiger charge is 2.14. The van der Waals surface area contributed by atoms with Crippen LogP contribution in [0, 0.1) is 0 Å². The van der Waals surface area contributed by atoms with Gasteiger partial charge in [-0.3, -0.25) is 4.79 Å². The first-order valence-electron chi connectivity index (χ1n) is 5.40. The van der Waals surface area contributed by atoms with Crippen molar-refractivity contribution >= 4 is 22.9 Å². The van der Waals surface area contributed by atoms with Crippen LogP contribution in [0.25, 0.3) is 16.2 Å². The highest BCUT2D eigenvalue weighted by Crippen LogP contribution is 2.25. The molecule has 0 aliphatic heterocycles. The average molecular weight is 258 g/mol. The van der Waals surface area contributed by atoms with E-state index < -0.39 is 0 Å². The van der Waals surface area contributed by atoms with E-state index in [0.29, 0.717) is 11.2 Å². The van der Waals surface area contributed by atoms with Crippen LogP contribution in [0.3, 0.4) is 0 Å². The van der Waals surface area contributed by atoms with E-state index in [1.165, 1.54) is 6.20 Å². The van der Waals surface area contributed by atoms with E-state index in [4.69, 9.17) is 0 Å². The van der Waals surface area contributed by atoms with Crippen LogP contribution in [0.2, 0.25) is 0 Å². The monoisotopic (exact) mass is 258 g/mol. The van der Waals surface area contributed by atoms with Crippen molar-refractivity contribution in [2.45, 2.75) is 0 Å². The van der Waals surface area contributed by atoms with Crippen LogP contribution in [0.4, 0.5) is 0 Å². The number of fused-ring (bicyclic) bond motifs is 1. The van der Waals surface area contributed by atoms with Crippen LogP contribution >= 0.6 is 11.3 Å². The van der Waals surface area contributed by atoms with Crippen molar-refractivity contribution in [1.29, 1.82) is 0 Å². The number of carbonyl (C=O) groups is 1.